The fraction of sp³-hybridized carbons (Fsp3) is 0.217. The molecule has 1 saturated heterocycles. The number of para-hydroxylation sites is 3. The molecule has 0 spiro atoms. The molecule has 5 rings (SSSR count). The molecule has 0 radical (unpaired) electrons. The third-order valence-electron chi connectivity index (χ3n) is 5.40. The number of nitrogens with zero attached hydrogens (tertiary/aromatic N) is 5. The number of amides is 1. The van der Waals surface area contributed by atoms with Crippen LogP contribution in [0.5, 0.6) is 0 Å². The van der Waals surface area contributed by atoms with Gasteiger partial charge in [0.25, 0.3) is 5.56 Å². The molecule has 2 aromatic heterocycles. The second-order valence-electron chi connectivity index (χ2n) is 7.47. The first kappa shape index (κ1) is 20.0. The number of morpholine rings is 1. The molecule has 2 aromatic carbocycles. The van der Waals surface area contributed by atoms with Crippen LogP contribution in [-0.4, -0.2) is 51.5 Å². The van der Waals surface area contributed by atoms with Crippen molar-refractivity contribution in [2.24, 2.45) is 0 Å². The van der Waals surface area contributed by atoms with Crippen molar-refractivity contribution >= 4 is 28.3 Å². The number of rotatable bonds is 5. The zero-order valence-electron chi connectivity index (χ0n) is 17.3. The van der Waals surface area contributed by atoms with Crippen LogP contribution in [0.25, 0.3) is 16.7 Å². The maximum Gasteiger partial charge on any atom is 0.264 e. The van der Waals surface area contributed by atoms with Crippen molar-refractivity contribution in [3.05, 3.63) is 77.5 Å². The van der Waals surface area contributed by atoms with Crippen LogP contribution in [-0.2, 0) is 16.1 Å². The molecule has 0 aliphatic carbocycles. The van der Waals surface area contributed by atoms with Crippen molar-refractivity contribution in [3.8, 4) is 5.69 Å². The summed E-state index contributed by atoms with van der Waals surface area (Å²) in [5.74, 6) is -0.301. The quantitative estimate of drug-likeness (QED) is 0.521. The van der Waals surface area contributed by atoms with Gasteiger partial charge in [-0.2, -0.15) is 5.10 Å². The van der Waals surface area contributed by atoms with E-state index in [1.807, 2.05) is 54.6 Å². The lowest BCUT2D eigenvalue weighted by Gasteiger charge is -2.30. The number of nitrogens with one attached hydrogen (secondary N) is 1. The zero-order chi connectivity index (χ0) is 21.9. The van der Waals surface area contributed by atoms with Crippen LogP contribution < -0.4 is 15.8 Å². The summed E-state index contributed by atoms with van der Waals surface area (Å²) in [6, 6.07) is 17.1. The lowest BCUT2D eigenvalue weighted by Crippen LogP contribution is -2.37. The molecule has 1 aliphatic rings. The van der Waals surface area contributed by atoms with Crippen LogP contribution in [0.3, 0.4) is 0 Å². The molecular formula is C23H22N6O3. The second kappa shape index (κ2) is 8.64. The highest BCUT2D eigenvalue weighted by atomic mass is 16.5. The maximum absolute atomic E-state index is 12.9. The van der Waals surface area contributed by atoms with E-state index in [2.05, 4.69) is 20.3 Å². The van der Waals surface area contributed by atoms with Gasteiger partial charge in [-0.1, -0.05) is 30.3 Å². The predicted octanol–water partition coefficient (Wildman–Crippen LogP) is 2.06. The van der Waals surface area contributed by atoms with Gasteiger partial charge in [0, 0.05) is 13.1 Å². The molecular weight excluding hydrogens is 408 g/mol. The fourth-order valence-electron chi connectivity index (χ4n) is 3.82. The summed E-state index contributed by atoms with van der Waals surface area (Å²) in [6.07, 6.45) is 2.87. The van der Waals surface area contributed by atoms with Gasteiger partial charge in [0.2, 0.25) is 5.91 Å². The van der Waals surface area contributed by atoms with E-state index >= 15 is 0 Å². The van der Waals surface area contributed by atoms with Crippen molar-refractivity contribution < 1.29 is 9.53 Å². The second-order valence-corrected chi connectivity index (χ2v) is 7.47. The topological polar surface area (TPSA) is 94.3 Å². The molecule has 1 N–H and O–H groups in total. The van der Waals surface area contributed by atoms with E-state index < -0.39 is 0 Å². The Hall–Kier alpha value is -3.98. The third-order valence-corrected chi connectivity index (χ3v) is 5.40. The molecule has 9 heteroatoms. The maximum atomic E-state index is 12.9. The summed E-state index contributed by atoms with van der Waals surface area (Å²) in [6.45, 7) is 2.69. The van der Waals surface area contributed by atoms with E-state index in [9.17, 15) is 9.59 Å². The standard InChI is InChI=1S/C23H22N6O3/c30-21(26-19-8-4-5-9-20(19)27-10-12-32-13-11-27)15-28-16-24-22-18(23(28)31)14-25-29(22)17-6-2-1-3-7-17/h1-9,14,16H,10-13,15H2,(H,26,30). The van der Waals surface area contributed by atoms with Crippen LogP contribution in [0.1, 0.15) is 0 Å². The van der Waals surface area contributed by atoms with E-state index in [-0.39, 0.29) is 18.0 Å². The zero-order valence-corrected chi connectivity index (χ0v) is 17.3. The highest BCUT2D eigenvalue weighted by Gasteiger charge is 2.17. The smallest absolute Gasteiger partial charge is 0.264 e. The molecule has 4 aromatic rings. The molecule has 0 saturated carbocycles. The van der Waals surface area contributed by atoms with E-state index in [0.29, 0.717) is 29.9 Å². The summed E-state index contributed by atoms with van der Waals surface area (Å²) in [4.78, 5) is 32.3. The summed E-state index contributed by atoms with van der Waals surface area (Å²) in [5.41, 5.74) is 2.60. The highest BCUT2D eigenvalue weighted by Crippen LogP contribution is 2.26. The Labute approximate surface area is 183 Å². The van der Waals surface area contributed by atoms with Crippen LogP contribution >= 0.6 is 0 Å². The van der Waals surface area contributed by atoms with Gasteiger partial charge in [0.15, 0.2) is 5.65 Å². The van der Waals surface area contributed by atoms with Gasteiger partial charge in [0.05, 0.1) is 36.5 Å². The van der Waals surface area contributed by atoms with Crippen LogP contribution in [0, 0.1) is 0 Å². The minimum Gasteiger partial charge on any atom is -0.378 e. The normalized spacial score (nSPS) is 13.9. The van der Waals surface area contributed by atoms with Crippen molar-refractivity contribution in [2.45, 2.75) is 6.54 Å². The molecule has 1 amide bonds. The first-order valence-corrected chi connectivity index (χ1v) is 10.4. The number of benzene rings is 2. The Balaban J connectivity index is 1.37. The molecule has 9 nitrogen and oxygen atoms in total. The van der Waals surface area contributed by atoms with Crippen molar-refractivity contribution in [1.82, 2.24) is 19.3 Å². The molecule has 3 heterocycles. The van der Waals surface area contributed by atoms with Crippen LogP contribution in [0.2, 0.25) is 0 Å². The average Bonchev–Trinajstić information content (AvgIpc) is 3.27. The summed E-state index contributed by atoms with van der Waals surface area (Å²) in [7, 11) is 0. The largest absolute Gasteiger partial charge is 0.378 e. The molecule has 0 atom stereocenters. The van der Waals surface area contributed by atoms with Crippen LogP contribution in [0.15, 0.2) is 71.9 Å². The Kier molecular flexibility index (Phi) is 5.39. The van der Waals surface area contributed by atoms with Gasteiger partial charge >= 0.3 is 0 Å². The van der Waals surface area contributed by atoms with Crippen LogP contribution in [0.4, 0.5) is 11.4 Å². The molecule has 0 bridgehead atoms. The van der Waals surface area contributed by atoms with E-state index in [0.717, 1.165) is 24.5 Å². The number of anilines is 2. The Morgan fingerprint density at radius 1 is 1.03 bits per heavy atom. The number of fused-ring (bicyclic) bond motifs is 1. The predicted molar refractivity (Wildman–Crippen MR) is 121 cm³/mol. The summed E-state index contributed by atoms with van der Waals surface area (Å²) in [5, 5.41) is 7.59. The van der Waals surface area contributed by atoms with E-state index in [1.54, 1.807) is 4.68 Å². The first-order valence-electron chi connectivity index (χ1n) is 10.4. The van der Waals surface area contributed by atoms with Crippen molar-refractivity contribution in [3.63, 3.8) is 0 Å². The molecule has 1 fully saturated rings. The van der Waals surface area contributed by atoms with Gasteiger partial charge in [0.1, 0.15) is 18.3 Å². The minimum atomic E-state index is -0.311. The van der Waals surface area contributed by atoms with Crippen molar-refractivity contribution in [1.29, 1.82) is 0 Å². The number of ether oxygens (including phenoxy) is 1. The molecule has 162 valence electrons. The number of hydrogen-bond donors (Lipinski definition) is 1. The molecule has 1 aliphatic heterocycles. The van der Waals surface area contributed by atoms with Gasteiger partial charge in [-0.15, -0.1) is 0 Å². The Morgan fingerprint density at radius 3 is 2.59 bits per heavy atom. The lowest BCUT2D eigenvalue weighted by atomic mass is 10.2. The van der Waals surface area contributed by atoms with Gasteiger partial charge < -0.3 is 15.0 Å². The number of carbonyl (C=O) groups excluding carboxylic acids is 1. The lowest BCUT2D eigenvalue weighted by molar-refractivity contribution is -0.116. The number of carbonyl (C=O) groups is 1. The third kappa shape index (κ3) is 3.85. The SMILES string of the molecule is O=C(Cn1cnc2c(cnn2-c2ccccc2)c1=O)Nc1ccccc1N1CCOCC1. The monoisotopic (exact) mass is 430 g/mol. The van der Waals surface area contributed by atoms with Gasteiger partial charge in [-0.3, -0.25) is 14.2 Å². The number of aromatic nitrogens is 4. The van der Waals surface area contributed by atoms with E-state index in [4.69, 9.17) is 4.74 Å². The van der Waals surface area contributed by atoms with Gasteiger partial charge in [-0.25, -0.2) is 9.67 Å². The highest BCUT2D eigenvalue weighted by molar-refractivity contribution is 5.94. The minimum absolute atomic E-state index is 0.143. The number of hydrogen-bond acceptors (Lipinski definition) is 6. The van der Waals surface area contributed by atoms with Crippen molar-refractivity contribution in [2.75, 3.05) is 36.5 Å². The summed E-state index contributed by atoms with van der Waals surface area (Å²) >= 11 is 0. The molecule has 0 unspecified atom stereocenters. The average molecular weight is 430 g/mol. The Morgan fingerprint density at radius 2 is 1.78 bits per heavy atom. The fourth-order valence-corrected chi connectivity index (χ4v) is 3.82. The Bertz CT molecular complexity index is 1310. The molecule has 32 heavy (non-hydrogen) atoms. The first-order chi connectivity index (χ1) is 15.7. The summed E-state index contributed by atoms with van der Waals surface area (Å²) < 4.78 is 8.33. The van der Waals surface area contributed by atoms with Gasteiger partial charge in [-0.05, 0) is 24.3 Å². The van der Waals surface area contributed by atoms with E-state index in [1.165, 1.54) is 17.1 Å².